The number of carbonyl (C=O) groups is 1. The van der Waals surface area contributed by atoms with Gasteiger partial charge in [-0.25, -0.2) is 9.97 Å². The fourth-order valence-electron chi connectivity index (χ4n) is 3.39. The maximum absolute atomic E-state index is 12.2. The van der Waals surface area contributed by atoms with Gasteiger partial charge in [0, 0.05) is 31.1 Å². The summed E-state index contributed by atoms with van der Waals surface area (Å²) in [5.41, 5.74) is 0.654. The molecule has 3 aromatic heterocycles. The van der Waals surface area contributed by atoms with Crippen LogP contribution in [0.15, 0.2) is 22.6 Å². The third-order valence-electron chi connectivity index (χ3n) is 5.09. The van der Waals surface area contributed by atoms with E-state index in [1.165, 1.54) is 0 Å². The number of carbonyl (C=O) groups excluding carboxylic acids is 1. The molecule has 5 rings (SSSR count). The Labute approximate surface area is 155 Å². The van der Waals surface area contributed by atoms with Crippen LogP contribution in [0, 0.1) is 12.8 Å². The topological polar surface area (TPSA) is 94.5 Å². The van der Waals surface area contributed by atoms with Crippen molar-refractivity contribution < 1.29 is 13.9 Å². The Kier molecular flexibility index (Phi) is 3.93. The first-order chi connectivity index (χ1) is 13.2. The van der Waals surface area contributed by atoms with E-state index in [4.69, 9.17) is 19.2 Å². The summed E-state index contributed by atoms with van der Waals surface area (Å²) in [4.78, 5) is 21.5. The molecule has 1 aliphatic carbocycles. The summed E-state index contributed by atoms with van der Waals surface area (Å²) in [5, 5.41) is 7.61. The van der Waals surface area contributed by atoms with E-state index in [1.807, 2.05) is 19.1 Å². The lowest BCUT2D eigenvalue weighted by Crippen LogP contribution is -2.15. The number of aromatic nitrogens is 4. The van der Waals surface area contributed by atoms with Gasteiger partial charge in [-0.1, -0.05) is 0 Å². The number of furan rings is 1. The fraction of sp³-hybridized carbons (Fsp3) is 0.474. The first-order valence-corrected chi connectivity index (χ1v) is 9.40. The number of hydrogen-bond acceptors (Lipinski definition) is 6. The molecule has 8 heteroatoms. The standard InChI is InChI=1S/C19H21N5O3/c1-11-2-5-14(27-11)18-20-15(21-19(25)13-3-4-13)10-16-22-17(23-24(16)18)12-6-8-26-9-7-12/h2,5,10,12-13H,3-4,6-9H2,1H3,(H,21,25). The molecule has 0 aromatic carbocycles. The van der Waals surface area contributed by atoms with Gasteiger partial charge in [-0.05, 0) is 44.7 Å². The van der Waals surface area contributed by atoms with Crippen molar-refractivity contribution >= 4 is 17.4 Å². The van der Waals surface area contributed by atoms with Gasteiger partial charge in [0.15, 0.2) is 17.2 Å². The van der Waals surface area contributed by atoms with E-state index in [9.17, 15) is 4.79 Å². The summed E-state index contributed by atoms with van der Waals surface area (Å²) in [5.74, 6) is 3.59. The lowest BCUT2D eigenvalue weighted by atomic mass is 10.00. The number of hydrogen-bond donors (Lipinski definition) is 1. The highest BCUT2D eigenvalue weighted by atomic mass is 16.5. The van der Waals surface area contributed by atoms with Crippen LogP contribution < -0.4 is 5.32 Å². The molecule has 2 aliphatic rings. The number of fused-ring (bicyclic) bond motifs is 1. The molecule has 0 atom stereocenters. The maximum atomic E-state index is 12.2. The minimum absolute atomic E-state index is 0.0117. The van der Waals surface area contributed by atoms with Gasteiger partial charge in [0.1, 0.15) is 11.6 Å². The van der Waals surface area contributed by atoms with Crippen molar-refractivity contribution in [2.75, 3.05) is 18.5 Å². The van der Waals surface area contributed by atoms with Gasteiger partial charge in [-0.2, -0.15) is 4.52 Å². The van der Waals surface area contributed by atoms with E-state index in [1.54, 1.807) is 10.6 Å². The summed E-state index contributed by atoms with van der Waals surface area (Å²) < 4.78 is 12.9. The highest BCUT2D eigenvalue weighted by Gasteiger charge is 2.30. The Morgan fingerprint density at radius 1 is 1.19 bits per heavy atom. The summed E-state index contributed by atoms with van der Waals surface area (Å²) in [6.07, 6.45) is 3.70. The van der Waals surface area contributed by atoms with Gasteiger partial charge in [0.2, 0.25) is 11.7 Å². The van der Waals surface area contributed by atoms with Crippen LogP contribution in [0.3, 0.4) is 0 Å². The van der Waals surface area contributed by atoms with Gasteiger partial charge in [0.25, 0.3) is 0 Å². The van der Waals surface area contributed by atoms with E-state index < -0.39 is 0 Å². The lowest BCUT2D eigenvalue weighted by molar-refractivity contribution is -0.117. The summed E-state index contributed by atoms with van der Waals surface area (Å²) >= 11 is 0. The SMILES string of the molecule is Cc1ccc(-c2nc(NC(=O)C3CC3)cc3nc(C4CCOCC4)nn23)o1. The predicted molar refractivity (Wildman–Crippen MR) is 97.4 cm³/mol. The summed E-state index contributed by atoms with van der Waals surface area (Å²) in [7, 11) is 0. The second-order valence-electron chi connectivity index (χ2n) is 7.27. The zero-order chi connectivity index (χ0) is 18.4. The molecule has 0 unspecified atom stereocenters. The minimum Gasteiger partial charge on any atom is -0.458 e. The van der Waals surface area contributed by atoms with Crippen molar-refractivity contribution in [2.24, 2.45) is 5.92 Å². The molecule has 8 nitrogen and oxygen atoms in total. The Morgan fingerprint density at radius 3 is 2.70 bits per heavy atom. The number of rotatable bonds is 4. The molecule has 1 N–H and O–H groups in total. The quantitative estimate of drug-likeness (QED) is 0.762. The van der Waals surface area contributed by atoms with Gasteiger partial charge < -0.3 is 14.5 Å². The van der Waals surface area contributed by atoms with Crippen LogP contribution in [-0.4, -0.2) is 38.7 Å². The molecule has 0 radical (unpaired) electrons. The maximum Gasteiger partial charge on any atom is 0.228 e. The number of ether oxygens (including phenoxy) is 1. The van der Waals surface area contributed by atoms with Crippen LogP contribution in [0.2, 0.25) is 0 Å². The van der Waals surface area contributed by atoms with Crippen molar-refractivity contribution in [1.29, 1.82) is 0 Å². The second-order valence-corrected chi connectivity index (χ2v) is 7.27. The van der Waals surface area contributed by atoms with Crippen LogP contribution in [-0.2, 0) is 9.53 Å². The van der Waals surface area contributed by atoms with Crippen molar-refractivity contribution in [3.8, 4) is 11.6 Å². The highest BCUT2D eigenvalue weighted by Crippen LogP contribution is 2.31. The van der Waals surface area contributed by atoms with E-state index in [0.29, 0.717) is 23.0 Å². The molecule has 27 heavy (non-hydrogen) atoms. The molecule has 1 saturated heterocycles. The van der Waals surface area contributed by atoms with Crippen LogP contribution in [0.5, 0.6) is 0 Å². The molecule has 1 saturated carbocycles. The normalized spacial score (nSPS) is 18.1. The molecule has 4 heterocycles. The molecule has 1 aliphatic heterocycles. The van der Waals surface area contributed by atoms with Gasteiger partial charge in [-0.15, -0.1) is 5.10 Å². The van der Waals surface area contributed by atoms with E-state index >= 15 is 0 Å². The molecule has 3 aromatic rings. The number of anilines is 1. The Hall–Kier alpha value is -2.74. The monoisotopic (exact) mass is 367 g/mol. The highest BCUT2D eigenvalue weighted by molar-refractivity contribution is 5.93. The van der Waals surface area contributed by atoms with Crippen LogP contribution in [0.25, 0.3) is 17.2 Å². The Morgan fingerprint density at radius 2 is 2.00 bits per heavy atom. The fourth-order valence-corrected chi connectivity index (χ4v) is 3.39. The van der Waals surface area contributed by atoms with E-state index in [0.717, 1.165) is 50.5 Å². The van der Waals surface area contributed by atoms with Crippen LogP contribution >= 0.6 is 0 Å². The van der Waals surface area contributed by atoms with Crippen LogP contribution in [0.1, 0.15) is 43.2 Å². The second kappa shape index (κ2) is 6.45. The van der Waals surface area contributed by atoms with Crippen LogP contribution in [0.4, 0.5) is 5.82 Å². The smallest absolute Gasteiger partial charge is 0.228 e. The average Bonchev–Trinajstić information content (AvgIpc) is 3.31. The molecule has 2 fully saturated rings. The zero-order valence-corrected chi connectivity index (χ0v) is 15.1. The van der Waals surface area contributed by atoms with Gasteiger partial charge in [0.05, 0.1) is 0 Å². The lowest BCUT2D eigenvalue weighted by Gasteiger charge is -2.18. The molecule has 0 spiro atoms. The number of amides is 1. The molecule has 0 bridgehead atoms. The van der Waals surface area contributed by atoms with E-state index in [2.05, 4.69) is 10.3 Å². The first kappa shape index (κ1) is 16.4. The predicted octanol–water partition coefficient (Wildman–Crippen LogP) is 2.94. The first-order valence-electron chi connectivity index (χ1n) is 9.40. The third-order valence-corrected chi connectivity index (χ3v) is 5.09. The van der Waals surface area contributed by atoms with Crippen molar-refractivity contribution in [3.63, 3.8) is 0 Å². The molecule has 1 amide bonds. The Balaban J connectivity index is 1.58. The van der Waals surface area contributed by atoms with Crippen molar-refractivity contribution in [2.45, 2.75) is 38.5 Å². The number of aryl methyl sites for hydroxylation is 1. The average molecular weight is 367 g/mol. The van der Waals surface area contributed by atoms with E-state index in [-0.39, 0.29) is 17.7 Å². The van der Waals surface area contributed by atoms with Crippen molar-refractivity contribution in [1.82, 2.24) is 19.6 Å². The minimum atomic E-state index is 0.0117. The molecule has 140 valence electrons. The van der Waals surface area contributed by atoms with Gasteiger partial charge >= 0.3 is 0 Å². The molecular weight excluding hydrogens is 346 g/mol. The van der Waals surface area contributed by atoms with Gasteiger partial charge in [-0.3, -0.25) is 4.79 Å². The third kappa shape index (κ3) is 3.21. The summed E-state index contributed by atoms with van der Waals surface area (Å²) in [6, 6.07) is 5.52. The summed E-state index contributed by atoms with van der Waals surface area (Å²) in [6.45, 7) is 3.34. The zero-order valence-electron chi connectivity index (χ0n) is 15.1. The Bertz CT molecular complexity index is 998. The number of nitrogens with zero attached hydrogens (tertiary/aromatic N) is 4. The largest absolute Gasteiger partial charge is 0.458 e. The number of nitrogens with one attached hydrogen (secondary N) is 1. The van der Waals surface area contributed by atoms with Crippen molar-refractivity contribution in [3.05, 3.63) is 29.8 Å². The molecular formula is C19H21N5O3.